The smallest absolute Gasteiger partial charge is 0.321 e. The molecule has 0 bridgehead atoms. The van der Waals surface area contributed by atoms with Crippen molar-refractivity contribution < 1.29 is 4.40 Å². The second-order valence-electron chi connectivity index (χ2n) is 9.40. The van der Waals surface area contributed by atoms with Crippen LogP contribution in [0.1, 0.15) is 24.8 Å². The zero-order valence-corrected chi connectivity index (χ0v) is 19.6. The average molecular weight is 471 g/mol. The summed E-state index contributed by atoms with van der Waals surface area (Å²) in [6.07, 6.45) is 10.6. The Morgan fingerprint density at radius 3 is 2.33 bits per heavy atom. The summed E-state index contributed by atoms with van der Waals surface area (Å²) in [5, 5.41) is 6.00. The van der Waals surface area contributed by atoms with Crippen LogP contribution >= 0.6 is 0 Å². The number of hydrogen-bond acceptors (Lipinski definition) is 5. The normalized spacial score (nSPS) is 14.7. The molecule has 7 rings (SSSR count). The maximum atomic E-state index is 6.58. The highest BCUT2D eigenvalue weighted by Crippen LogP contribution is 2.39. The van der Waals surface area contributed by atoms with Crippen molar-refractivity contribution >= 4 is 16.6 Å². The summed E-state index contributed by atoms with van der Waals surface area (Å²) in [4.78, 5) is 13.7. The maximum absolute atomic E-state index is 6.58. The molecule has 7 nitrogen and oxygen atoms in total. The average Bonchev–Trinajstić information content (AvgIpc) is 3.33. The highest BCUT2D eigenvalue weighted by Gasteiger charge is 2.34. The first kappa shape index (κ1) is 20.8. The Kier molecular flexibility index (Phi) is 4.65. The van der Waals surface area contributed by atoms with E-state index in [1.54, 1.807) is 18.5 Å². The lowest BCUT2D eigenvalue weighted by Gasteiger charge is -2.38. The van der Waals surface area contributed by atoms with E-state index < -0.39 is 0 Å². The van der Waals surface area contributed by atoms with Crippen LogP contribution in [0.25, 0.3) is 45.0 Å². The lowest BCUT2D eigenvalue weighted by atomic mass is 9.73. The third-order valence-corrected chi connectivity index (χ3v) is 7.20. The molecule has 1 aliphatic rings. The van der Waals surface area contributed by atoms with E-state index >= 15 is 0 Å². The van der Waals surface area contributed by atoms with Gasteiger partial charge in [-0.2, -0.15) is 4.40 Å². The van der Waals surface area contributed by atoms with Crippen LogP contribution < -0.4 is 10.1 Å². The summed E-state index contributed by atoms with van der Waals surface area (Å²) < 4.78 is 4.00. The van der Waals surface area contributed by atoms with Crippen LogP contribution in [0, 0.1) is 0 Å². The molecule has 0 unspecified atom stereocenters. The number of pyridine rings is 2. The van der Waals surface area contributed by atoms with Crippen LogP contribution in [0.3, 0.4) is 0 Å². The fourth-order valence-electron chi connectivity index (χ4n) is 5.03. The lowest BCUT2D eigenvalue weighted by Crippen LogP contribution is -2.43. The van der Waals surface area contributed by atoms with Crippen LogP contribution in [0.2, 0.25) is 0 Å². The molecule has 1 aliphatic carbocycles. The van der Waals surface area contributed by atoms with E-state index in [-0.39, 0.29) is 5.54 Å². The molecule has 7 heteroatoms. The Labute approximate surface area is 207 Å². The van der Waals surface area contributed by atoms with Crippen molar-refractivity contribution in [1.82, 2.24) is 24.7 Å². The first-order valence-electron chi connectivity index (χ1n) is 12.2. The molecule has 174 valence electrons. The van der Waals surface area contributed by atoms with Gasteiger partial charge in [0.25, 0.3) is 5.65 Å². The third kappa shape index (κ3) is 3.28. The number of hydrogen-bond donors (Lipinski definition) is 1. The van der Waals surface area contributed by atoms with Crippen molar-refractivity contribution in [2.75, 3.05) is 0 Å². The fourth-order valence-corrected chi connectivity index (χ4v) is 5.03. The number of fused-ring (bicyclic) bond motifs is 3. The van der Waals surface area contributed by atoms with Gasteiger partial charge in [0.15, 0.2) is 0 Å². The van der Waals surface area contributed by atoms with Gasteiger partial charge < -0.3 is 5.73 Å². The first-order valence-corrected chi connectivity index (χ1v) is 12.2. The minimum Gasteiger partial charge on any atom is -0.321 e. The molecule has 6 aromatic rings. The van der Waals surface area contributed by atoms with Crippen LogP contribution in [0.5, 0.6) is 0 Å². The van der Waals surface area contributed by atoms with E-state index in [2.05, 4.69) is 52.4 Å². The van der Waals surface area contributed by atoms with Crippen molar-refractivity contribution in [2.24, 2.45) is 5.73 Å². The van der Waals surface area contributed by atoms with Gasteiger partial charge in [-0.15, -0.1) is 0 Å². The molecule has 2 N–H and O–H groups in total. The molecule has 0 radical (unpaired) electrons. The molecule has 0 aliphatic heterocycles. The summed E-state index contributed by atoms with van der Waals surface area (Å²) in [6.45, 7) is 0. The summed E-state index contributed by atoms with van der Waals surface area (Å²) in [5.74, 6) is 1.22. The van der Waals surface area contributed by atoms with Gasteiger partial charge >= 0.3 is 5.82 Å². The molecule has 0 spiro atoms. The summed E-state index contributed by atoms with van der Waals surface area (Å²) >= 11 is 0. The Morgan fingerprint density at radius 2 is 1.61 bits per heavy atom. The number of nitrogens with zero attached hydrogens (tertiary/aromatic N) is 6. The van der Waals surface area contributed by atoms with Gasteiger partial charge in [-0.1, -0.05) is 47.1 Å². The van der Waals surface area contributed by atoms with Gasteiger partial charge in [-0.3, -0.25) is 4.98 Å². The molecule has 0 saturated heterocycles. The van der Waals surface area contributed by atoms with Crippen molar-refractivity contribution in [3.05, 3.63) is 103 Å². The standard InChI is InChI=1S/C29H24N7/c30-29(13-4-14-29)22-8-10-23(11-9-22)36-28-24-18-21(20-6-2-1-3-7-20)19-33-25(24)12-17-35(28)27(34-36)26-31-15-5-16-32-26/h1-3,5-12,15-19H,4,13-14,30H2/q+1. The van der Waals surface area contributed by atoms with Gasteiger partial charge in [-0.25, -0.2) is 9.97 Å². The van der Waals surface area contributed by atoms with E-state index in [1.165, 1.54) is 12.0 Å². The number of rotatable bonds is 4. The summed E-state index contributed by atoms with van der Waals surface area (Å²) in [6, 6.07) is 24.7. The number of aromatic nitrogens is 6. The third-order valence-electron chi connectivity index (χ3n) is 7.20. The van der Waals surface area contributed by atoms with Gasteiger partial charge in [0.2, 0.25) is 5.82 Å². The fraction of sp³-hybridized carbons (Fsp3) is 0.138. The molecular formula is C29H24N7+. The van der Waals surface area contributed by atoms with Crippen molar-refractivity contribution in [1.29, 1.82) is 0 Å². The quantitative estimate of drug-likeness (QED) is 0.380. The van der Waals surface area contributed by atoms with Crippen molar-refractivity contribution in [3.63, 3.8) is 0 Å². The van der Waals surface area contributed by atoms with Crippen molar-refractivity contribution in [3.8, 4) is 28.5 Å². The minimum absolute atomic E-state index is 0.205. The highest BCUT2D eigenvalue weighted by atomic mass is 15.4. The Bertz CT molecular complexity index is 1700. The molecule has 1 saturated carbocycles. The predicted octanol–water partition coefficient (Wildman–Crippen LogP) is 4.62. The second kappa shape index (κ2) is 8.03. The van der Waals surface area contributed by atoms with Gasteiger partial charge in [0.1, 0.15) is 5.69 Å². The molecule has 0 atom stereocenters. The zero-order valence-electron chi connectivity index (χ0n) is 19.6. The summed E-state index contributed by atoms with van der Waals surface area (Å²) in [5.41, 5.74) is 12.4. The Morgan fingerprint density at radius 1 is 0.833 bits per heavy atom. The maximum Gasteiger partial charge on any atom is 0.351 e. The van der Waals surface area contributed by atoms with E-state index in [1.807, 2.05) is 45.7 Å². The molecule has 0 amide bonds. The second-order valence-corrected chi connectivity index (χ2v) is 9.40. The Balaban J connectivity index is 1.48. The van der Waals surface area contributed by atoms with E-state index in [9.17, 15) is 0 Å². The summed E-state index contributed by atoms with van der Waals surface area (Å²) in [7, 11) is 0. The molecular weight excluding hydrogens is 446 g/mol. The molecule has 36 heavy (non-hydrogen) atoms. The van der Waals surface area contributed by atoms with Crippen LogP contribution in [0.15, 0.2) is 97.6 Å². The van der Waals surface area contributed by atoms with Gasteiger partial charge in [-0.05, 0) is 60.7 Å². The molecule has 4 heterocycles. The molecule has 2 aromatic carbocycles. The molecule has 4 aromatic heterocycles. The van der Waals surface area contributed by atoms with Crippen LogP contribution in [-0.2, 0) is 5.54 Å². The number of benzene rings is 2. The molecule has 1 fully saturated rings. The predicted molar refractivity (Wildman–Crippen MR) is 138 cm³/mol. The number of nitrogens with two attached hydrogens (primary N) is 1. The van der Waals surface area contributed by atoms with Gasteiger partial charge in [0, 0.05) is 29.7 Å². The Hall–Kier alpha value is -4.49. The SMILES string of the molecule is NC1(c2ccc(-n3nc(-c4ncccn4)[n+]4ccc5ncc(-c6ccccc6)cc5c34)cc2)CCC1. The van der Waals surface area contributed by atoms with Gasteiger partial charge in [0.05, 0.1) is 22.2 Å². The lowest BCUT2D eigenvalue weighted by molar-refractivity contribution is -0.499. The monoisotopic (exact) mass is 470 g/mol. The van der Waals surface area contributed by atoms with Crippen molar-refractivity contribution in [2.45, 2.75) is 24.8 Å². The zero-order chi connectivity index (χ0) is 24.1. The largest absolute Gasteiger partial charge is 0.351 e. The van der Waals surface area contributed by atoms with E-state index in [0.29, 0.717) is 11.6 Å². The van der Waals surface area contributed by atoms with Crippen LogP contribution in [0.4, 0.5) is 0 Å². The van der Waals surface area contributed by atoms with E-state index in [4.69, 9.17) is 15.8 Å². The van der Waals surface area contributed by atoms with Crippen LogP contribution in [-0.4, -0.2) is 24.7 Å². The topological polar surface area (TPSA) is 86.6 Å². The minimum atomic E-state index is -0.205. The highest BCUT2D eigenvalue weighted by molar-refractivity contribution is 5.93. The first-order chi connectivity index (χ1) is 17.7. The van der Waals surface area contributed by atoms with E-state index in [0.717, 1.165) is 46.2 Å².